The summed E-state index contributed by atoms with van der Waals surface area (Å²) in [5, 5.41) is 9.06. The molecule has 0 aromatic rings. The topological polar surface area (TPSA) is 90.5 Å². The summed E-state index contributed by atoms with van der Waals surface area (Å²) in [5.41, 5.74) is -0.587. The first-order chi connectivity index (χ1) is 12.7. The van der Waals surface area contributed by atoms with Crippen molar-refractivity contribution < 1.29 is 14.4 Å². The SMILES string of the molecule is CC(C)(C)C1CCC2(CC1)NC(=O)N(CC(=O)NCCC1CCNC1)C2=O. The number of urea groups is 1. The second-order valence-electron chi connectivity index (χ2n) is 9.54. The van der Waals surface area contributed by atoms with E-state index in [2.05, 4.69) is 36.7 Å². The van der Waals surface area contributed by atoms with Crippen LogP contribution in [0.5, 0.6) is 0 Å². The van der Waals surface area contributed by atoms with Crippen LogP contribution >= 0.6 is 0 Å². The van der Waals surface area contributed by atoms with Gasteiger partial charge in [0.15, 0.2) is 0 Å². The highest BCUT2D eigenvalue weighted by Gasteiger charge is 2.53. The van der Waals surface area contributed by atoms with Crippen LogP contribution in [0.15, 0.2) is 0 Å². The monoisotopic (exact) mass is 378 g/mol. The molecule has 3 N–H and O–H groups in total. The van der Waals surface area contributed by atoms with E-state index in [1.54, 1.807) is 0 Å². The quantitative estimate of drug-likeness (QED) is 0.634. The van der Waals surface area contributed by atoms with Crippen molar-refractivity contribution in [1.82, 2.24) is 20.9 Å². The fourth-order valence-corrected chi connectivity index (χ4v) is 4.71. The number of imide groups is 1. The highest BCUT2D eigenvalue weighted by Crippen LogP contribution is 2.43. The van der Waals surface area contributed by atoms with Crippen molar-refractivity contribution in [2.45, 2.75) is 64.8 Å². The van der Waals surface area contributed by atoms with E-state index in [9.17, 15) is 14.4 Å². The van der Waals surface area contributed by atoms with Crippen molar-refractivity contribution in [2.24, 2.45) is 17.3 Å². The number of nitrogens with one attached hydrogen (secondary N) is 3. The molecule has 4 amide bonds. The van der Waals surface area contributed by atoms with Crippen LogP contribution in [-0.2, 0) is 9.59 Å². The third kappa shape index (κ3) is 4.45. The maximum atomic E-state index is 12.9. The Bertz CT molecular complexity index is 585. The summed E-state index contributed by atoms with van der Waals surface area (Å²) >= 11 is 0. The van der Waals surface area contributed by atoms with E-state index in [0.29, 0.717) is 31.2 Å². The molecule has 7 nitrogen and oxygen atoms in total. The predicted octanol–water partition coefficient (Wildman–Crippen LogP) is 1.63. The first kappa shape index (κ1) is 20.1. The molecule has 3 fully saturated rings. The van der Waals surface area contributed by atoms with Gasteiger partial charge < -0.3 is 16.0 Å². The molecule has 2 aliphatic heterocycles. The third-order valence-electron chi connectivity index (χ3n) is 6.65. The Morgan fingerprint density at radius 1 is 1.22 bits per heavy atom. The zero-order valence-electron chi connectivity index (χ0n) is 16.9. The van der Waals surface area contributed by atoms with Crippen LogP contribution < -0.4 is 16.0 Å². The first-order valence-corrected chi connectivity index (χ1v) is 10.3. The summed E-state index contributed by atoms with van der Waals surface area (Å²) in [7, 11) is 0. The van der Waals surface area contributed by atoms with E-state index < -0.39 is 11.6 Å². The Hall–Kier alpha value is -1.63. The minimum atomic E-state index is -0.797. The van der Waals surface area contributed by atoms with Gasteiger partial charge in [-0.05, 0) is 68.9 Å². The smallest absolute Gasteiger partial charge is 0.325 e. The van der Waals surface area contributed by atoms with Crippen molar-refractivity contribution in [3.8, 4) is 0 Å². The number of hydrogen-bond donors (Lipinski definition) is 3. The molecule has 0 aromatic carbocycles. The van der Waals surface area contributed by atoms with Crippen LogP contribution in [0, 0.1) is 17.3 Å². The fraction of sp³-hybridized carbons (Fsp3) is 0.850. The molecule has 0 radical (unpaired) electrons. The van der Waals surface area contributed by atoms with E-state index in [-0.39, 0.29) is 23.8 Å². The van der Waals surface area contributed by atoms with Crippen LogP contribution in [0.2, 0.25) is 0 Å². The number of rotatable bonds is 5. The second kappa shape index (κ2) is 7.78. The van der Waals surface area contributed by atoms with Crippen LogP contribution in [0.25, 0.3) is 0 Å². The molecular weight excluding hydrogens is 344 g/mol. The fourth-order valence-electron chi connectivity index (χ4n) is 4.71. The summed E-state index contributed by atoms with van der Waals surface area (Å²) in [6.45, 7) is 9.13. The van der Waals surface area contributed by atoms with E-state index in [1.165, 1.54) is 0 Å². The molecule has 1 saturated carbocycles. The minimum Gasteiger partial charge on any atom is -0.355 e. The number of carbonyl (C=O) groups excluding carboxylic acids is 3. The van der Waals surface area contributed by atoms with E-state index in [4.69, 9.17) is 0 Å². The number of nitrogens with zero attached hydrogens (tertiary/aromatic N) is 1. The van der Waals surface area contributed by atoms with Crippen molar-refractivity contribution >= 4 is 17.8 Å². The molecule has 0 aromatic heterocycles. The molecule has 7 heteroatoms. The van der Waals surface area contributed by atoms with Crippen molar-refractivity contribution in [2.75, 3.05) is 26.2 Å². The zero-order chi connectivity index (χ0) is 19.7. The van der Waals surface area contributed by atoms with Crippen LogP contribution in [0.4, 0.5) is 4.79 Å². The third-order valence-corrected chi connectivity index (χ3v) is 6.65. The largest absolute Gasteiger partial charge is 0.355 e. The Balaban J connectivity index is 1.49. The summed E-state index contributed by atoms with van der Waals surface area (Å²) in [4.78, 5) is 38.6. The average molecular weight is 379 g/mol. The summed E-state index contributed by atoms with van der Waals surface area (Å²) in [6, 6.07) is -0.427. The number of amides is 4. The highest BCUT2D eigenvalue weighted by atomic mass is 16.2. The van der Waals surface area contributed by atoms with Gasteiger partial charge in [-0.15, -0.1) is 0 Å². The lowest BCUT2D eigenvalue weighted by atomic mass is 9.67. The molecule has 2 heterocycles. The Kier molecular flexibility index (Phi) is 5.79. The zero-order valence-corrected chi connectivity index (χ0v) is 16.9. The standard InChI is InChI=1S/C20H34N4O3/c1-19(2,3)15-4-8-20(9-5-15)17(26)24(18(27)23-20)13-16(25)22-11-7-14-6-10-21-12-14/h14-15,21H,4-13H2,1-3H3,(H,22,25)(H,23,27). The Morgan fingerprint density at radius 2 is 1.93 bits per heavy atom. The molecule has 1 atom stereocenters. The van der Waals surface area contributed by atoms with Gasteiger partial charge in [-0.3, -0.25) is 14.5 Å². The van der Waals surface area contributed by atoms with Gasteiger partial charge in [-0.1, -0.05) is 20.8 Å². The molecule has 2 saturated heterocycles. The van der Waals surface area contributed by atoms with Crippen LogP contribution in [-0.4, -0.2) is 54.5 Å². The van der Waals surface area contributed by atoms with E-state index >= 15 is 0 Å². The van der Waals surface area contributed by atoms with Crippen molar-refractivity contribution in [3.63, 3.8) is 0 Å². The lowest BCUT2D eigenvalue weighted by molar-refractivity contribution is -0.136. The summed E-state index contributed by atoms with van der Waals surface area (Å²) < 4.78 is 0. The number of carbonyl (C=O) groups is 3. The molecule has 1 unspecified atom stereocenters. The lowest BCUT2D eigenvalue weighted by Crippen LogP contribution is -2.51. The van der Waals surface area contributed by atoms with Gasteiger partial charge >= 0.3 is 6.03 Å². The molecule has 1 aliphatic carbocycles. The second-order valence-corrected chi connectivity index (χ2v) is 9.54. The van der Waals surface area contributed by atoms with Gasteiger partial charge in [0.1, 0.15) is 12.1 Å². The van der Waals surface area contributed by atoms with Crippen molar-refractivity contribution in [1.29, 1.82) is 0 Å². The van der Waals surface area contributed by atoms with Gasteiger partial charge in [0.25, 0.3) is 5.91 Å². The Morgan fingerprint density at radius 3 is 2.52 bits per heavy atom. The highest BCUT2D eigenvalue weighted by molar-refractivity contribution is 6.09. The predicted molar refractivity (Wildman–Crippen MR) is 103 cm³/mol. The van der Waals surface area contributed by atoms with Crippen LogP contribution in [0.1, 0.15) is 59.3 Å². The maximum absolute atomic E-state index is 12.9. The van der Waals surface area contributed by atoms with Gasteiger partial charge in [0.05, 0.1) is 0 Å². The van der Waals surface area contributed by atoms with E-state index in [1.807, 2.05) is 0 Å². The van der Waals surface area contributed by atoms with Crippen molar-refractivity contribution in [3.05, 3.63) is 0 Å². The molecule has 1 spiro atoms. The maximum Gasteiger partial charge on any atom is 0.325 e. The average Bonchev–Trinajstić information content (AvgIpc) is 3.18. The summed E-state index contributed by atoms with van der Waals surface area (Å²) in [5.74, 6) is 0.665. The normalized spacial score (nSPS) is 31.4. The lowest BCUT2D eigenvalue weighted by Gasteiger charge is -2.40. The van der Waals surface area contributed by atoms with E-state index in [0.717, 1.165) is 43.7 Å². The first-order valence-electron chi connectivity index (χ1n) is 10.3. The molecule has 152 valence electrons. The molecule has 27 heavy (non-hydrogen) atoms. The van der Waals surface area contributed by atoms with Gasteiger partial charge in [0, 0.05) is 6.54 Å². The molecule has 3 rings (SSSR count). The molecular formula is C20H34N4O3. The minimum absolute atomic E-state index is 0.183. The molecule has 0 bridgehead atoms. The van der Waals surface area contributed by atoms with Crippen LogP contribution in [0.3, 0.4) is 0 Å². The Labute approximate surface area is 162 Å². The number of hydrogen-bond acceptors (Lipinski definition) is 4. The van der Waals surface area contributed by atoms with Gasteiger partial charge in [0.2, 0.25) is 5.91 Å². The molecule has 3 aliphatic rings. The van der Waals surface area contributed by atoms with Gasteiger partial charge in [-0.2, -0.15) is 0 Å². The van der Waals surface area contributed by atoms with Gasteiger partial charge in [-0.25, -0.2) is 4.79 Å². The summed E-state index contributed by atoms with van der Waals surface area (Å²) in [6.07, 6.45) is 5.23.